The maximum atomic E-state index is 13.5. The van der Waals surface area contributed by atoms with Crippen LogP contribution in [0.4, 0.5) is 9.59 Å². The lowest BCUT2D eigenvalue weighted by Gasteiger charge is -2.49. The summed E-state index contributed by atoms with van der Waals surface area (Å²) in [4.78, 5) is 77.8. The average Bonchev–Trinajstić information content (AvgIpc) is 3.65. The smallest absolute Gasteiger partial charge is 0.352 e. The number of benzene rings is 1. The minimum atomic E-state index is -1.36. The van der Waals surface area contributed by atoms with E-state index in [1.165, 1.54) is 31.2 Å². The zero-order chi connectivity index (χ0) is 30.7. The Labute approximate surface area is 248 Å². The molecule has 2 aromatic rings. The SMILES string of the molecule is CC(=O)OCC1=C(C(=O)O)N2C(=O)C(NC(=O)[C@H](NC(=O)N3CCN(N=Cc4ccco4)C3=O)c3ccccc3)[C@H]2SC1. The number of imide groups is 1. The fourth-order valence-corrected chi connectivity index (χ4v) is 6.01. The monoisotopic (exact) mass is 610 g/mol. The van der Waals surface area contributed by atoms with Gasteiger partial charge in [-0.1, -0.05) is 30.3 Å². The van der Waals surface area contributed by atoms with E-state index in [1.54, 1.807) is 42.5 Å². The zero-order valence-corrected chi connectivity index (χ0v) is 23.5. The standard InChI is InChI=1S/C27H26N6O9S/c1-15(34)42-13-17-14-43-24-20(23(36)33(24)21(17)25(37)38)29-22(35)19(16-6-3-2-4-7-16)30-26(39)31-9-10-32(27(31)40)28-12-18-8-5-11-41-18/h2-8,11-12,19-20,24H,9-10,13-14H2,1H3,(H,29,35)(H,30,39)(H,37,38)/t19-,20?,24-/m1/s1. The number of nitrogens with one attached hydrogen (secondary N) is 2. The van der Waals surface area contributed by atoms with Crippen molar-refractivity contribution in [1.82, 2.24) is 25.4 Å². The van der Waals surface area contributed by atoms with Gasteiger partial charge in [-0.3, -0.25) is 19.3 Å². The van der Waals surface area contributed by atoms with Gasteiger partial charge < -0.3 is 24.9 Å². The van der Waals surface area contributed by atoms with Crippen molar-refractivity contribution in [3.05, 3.63) is 71.3 Å². The highest BCUT2D eigenvalue weighted by atomic mass is 32.2. The first-order valence-electron chi connectivity index (χ1n) is 13.0. The molecule has 2 saturated heterocycles. The van der Waals surface area contributed by atoms with E-state index < -0.39 is 53.3 Å². The lowest BCUT2D eigenvalue weighted by Crippen LogP contribution is -2.71. The molecular formula is C27H26N6O9S. The Morgan fingerprint density at radius 2 is 1.93 bits per heavy atom. The van der Waals surface area contributed by atoms with E-state index in [4.69, 9.17) is 9.15 Å². The van der Waals surface area contributed by atoms with Crippen molar-refractivity contribution >= 4 is 53.8 Å². The van der Waals surface area contributed by atoms with Crippen molar-refractivity contribution in [3.63, 3.8) is 0 Å². The summed E-state index contributed by atoms with van der Waals surface area (Å²) < 4.78 is 10.1. The van der Waals surface area contributed by atoms with E-state index in [2.05, 4.69) is 15.7 Å². The van der Waals surface area contributed by atoms with Crippen LogP contribution in [0.1, 0.15) is 24.3 Å². The van der Waals surface area contributed by atoms with Crippen LogP contribution in [0.3, 0.4) is 0 Å². The van der Waals surface area contributed by atoms with Crippen LogP contribution in [0, 0.1) is 0 Å². The van der Waals surface area contributed by atoms with Gasteiger partial charge in [-0.25, -0.2) is 24.3 Å². The minimum absolute atomic E-state index is 0.0120. The van der Waals surface area contributed by atoms with Gasteiger partial charge in [0, 0.05) is 18.2 Å². The lowest BCUT2D eigenvalue weighted by atomic mass is 10.0. The molecule has 5 rings (SSSR count). The molecule has 1 aromatic heterocycles. The molecule has 1 aromatic carbocycles. The van der Waals surface area contributed by atoms with Gasteiger partial charge in [-0.15, -0.1) is 11.8 Å². The molecule has 43 heavy (non-hydrogen) atoms. The molecule has 16 heteroatoms. The predicted molar refractivity (Wildman–Crippen MR) is 149 cm³/mol. The molecule has 1 unspecified atom stereocenters. The number of hydrogen-bond donors (Lipinski definition) is 3. The summed E-state index contributed by atoms with van der Waals surface area (Å²) in [5.41, 5.74) is 0.358. The molecule has 4 heterocycles. The Hall–Kier alpha value is -5.12. The second kappa shape index (κ2) is 12.4. The number of thioether (sulfide) groups is 1. The first-order valence-corrected chi connectivity index (χ1v) is 14.1. The van der Waals surface area contributed by atoms with E-state index >= 15 is 0 Å². The Balaban J connectivity index is 1.28. The van der Waals surface area contributed by atoms with E-state index in [1.807, 2.05) is 0 Å². The number of hydrogen-bond acceptors (Lipinski definition) is 10. The topological polar surface area (TPSA) is 191 Å². The number of carbonyl (C=O) groups is 6. The number of amides is 6. The normalized spacial score (nSPS) is 20.5. The first-order chi connectivity index (χ1) is 20.7. The number of ether oxygens (including phenoxy) is 1. The van der Waals surface area contributed by atoms with Gasteiger partial charge in [-0.2, -0.15) is 5.10 Å². The number of fused-ring (bicyclic) bond motifs is 1. The van der Waals surface area contributed by atoms with Crippen molar-refractivity contribution in [3.8, 4) is 0 Å². The molecule has 3 atom stereocenters. The largest absolute Gasteiger partial charge is 0.477 e. The Morgan fingerprint density at radius 3 is 2.60 bits per heavy atom. The van der Waals surface area contributed by atoms with Crippen molar-refractivity contribution in [2.75, 3.05) is 25.4 Å². The van der Waals surface area contributed by atoms with E-state index in [-0.39, 0.29) is 36.7 Å². The molecule has 3 N–H and O–H groups in total. The number of carboxylic acid groups (broad SMARTS) is 1. The molecule has 0 spiro atoms. The number of carboxylic acids is 1. The number of carbonyl (C=O) groups excluding carboxylic acids is 5. The second-order valence-corrected chi connectivity index (χ2v) is 10.6. The summed E-state index contributed by atoms with van der Waals surface area (Å²) in [6, 6.07) is 7.66. The van der Waals surface area contributed by atoms with Gasteiger partial charge in [0.05, 0.1) is 25.6 Å². The summed E-state index contributed by atoms with van der Waals surface area (Å²) in [5.74, 6) is -2.78. The van der Waals surface area contributed by atoms with E-state index in [0.717, 1.165) is 14.8 Å². The van der Waals surface area contributed by atoms with Crippen LogP contribution in [-0.4, -0.2) is 98.8 Å². The van der Waals surface area contributed by atoms with Crippen LogP contribution in [0.15, 0.2) is 69.5 Å². The van der Waals surface area contributed by atoms with Crippen LogP contribution in [0.2, 0.25) is 0 Å². The summed E-state index contributed by atoms with van der Waals surface area (Å²) in [6.45, 7) is 1.04. The molecule has 224 valence electrons. The summed E-state index contributed by atoms with van der Waals surface area (Å²) in [6.07, 6.45) is 2.79. The number of rotatable bonds is 9. The number of nitrogens with zero attached hydrogens (tertiary/aromatic N) is 4. The number of aliphatic carboxylic acids is 1. The quantitative estimate of drug-likeness (QED) is 0.211. The maximum Gasteiger partial charge on any atom is 0.352 e. The number of urea groups is 2. The zero-order valence-electron chi connectivity index (χ0n) is 22.7. The maximum absolute atomic E-state index is 13.5. The minimum Gasteiger partial charge on any atom is -0.477 e. The number of esters is 1. The van der Waals surface area contributed by atoms with Crippen LogP contribution < -0.4 is 10.6 Å². The van der Waals surface area contributed by atoms with Gasteiger partial charge in [0.25, 0.3) is 5.91 Å². The van der Waals surface area contributed by atoms with Crippen molar-refractivity contribution < 1.29 is 43.0 Å². The van der Waals surface area contributed by atoms with Gasteiger partial charge in [0.1, 0.15) is 35.5 Å². The van der Waals surface area contributed by atoms with Crippen LogP contribution in [0.25, 0.3) is 0 Å². The summed E-state index contributed by atoms with van der Waals surface area (Å²) >= 11 is 1.21. The molecule has 6 amide bonds. The second-order valence-electron chi connectivity index (χ2n) is 9.54. The predicted octanol–water partition coefficient (Wildman–Crippen LogP) is 1.10. The van der Waals surface area contributed by atoms with Gasteiger partial charge in [-0.05, 0) is 17.7 Å². The molecule has 0 bridgehead atoms. The third-order valence-corrected chi connectivity index (χ3v) is 8.10. The van der Waals surface area contributed by atoms with E-state index in [9.17, 15) is 33.9 Å². The molecule has 0 aliphatic carbocycles. The fraction of sp³-hybridized carbons (Fsp3) is 0.296. The van der Waals surface area contributed by atoms with Crippen molar-refractivity contribution in [2.24, 2.45) is 5.10 Å². The third-order valence-electron chi connectivity index (χ3n) is 6.76. The molecule has 15 nitrogen and oxygen atoms in total. The third kappa shape index (κ3) is 6.08. The average molecular weight is 611 g/mol. The number of β-lactam (4-membered cyclic amide) rings is 1. The molecule has 3 aliphatic heterocycles. The Bertz CT molecular complexity index is 1510. The Kier molecular flexibility index (Phi) is 8.47. The van der Waals surface area contributed by atoms with Gasteiger partial charge in [0.15, 0.2) is 0 Å². The first kappa shape index (κ1) is 29.4. The molecule has 0 saturated carbocycles. The van der Waals surface area contributed by atoms with Crippen LogP contribution in [0.5, 0.6) is 0 Å². The van der Waals surface area contributed by atoms with Gasteiger partial charge >= 0.3 is 24.0 Å². The van der Waals surface area contributed by atoms with Crippen molar-refractivity contribution in [2.45, 2.75) is 24.4 Å². The fourth-order valence-electron chi connectivity index (χ4n) is 4.68. The molecule has 0 radical (unpaired) electrons. The van der Waals surface area contributed by atoms with Crippen LogP contribution in [-0.2, 0) is 23.9 Å². The molecule has 3 aliphatic rings. The Morgan fingerprint density at radius 1 is 1.16 bits per heavy atom. The number of furan rings is 1. The number of hydrazone groups is 1. The van der Waals surface area contributed by atoms with Crippen molar-refractivity contribution in [1.29, 1.82) is 0 Å². The molecular weight excluding hydrogens is 584 g/mol. The molecule has 2 fully saturated rings. The summed E-state index contributed by atoms with van der Waals surface area (Å²) in [5, 5.41) is 19.4. The highest BCUT2D eigenvalue weighted by Crippen LogP contribution is 2.40. The highest BCUT2D eigenvalue weighted by molar-refractivity contribution is 8.00. The van der Waals surface area contributed by atoms with Gasteiger partial charge in [0.2, 0.25) is 5.91 Å². The summed E-state index contributed by atoms with van der Waals surface area (Å²) in [7, 11) is 0. The highest BCUT2D eigenvalue weighted by Gasteiger charge is 2.54. The van der Waals surface area contributed by atoms with E-state index in [0.29, 0.717) is 11.3 Å². The van der Waals surface area contributed by atoms with Crippen LogP contribution >= 0.6 is 11.8 Å². The lowest BCUT2D eigenvalue weighted by molar-refractivity contribution is -0.151.